The molecule has 0 bridgehead atoms. The average Bonchev–Trinajstić information content (AvgIpc) is 3.28. The predicted molar refractivity (Wildman–Crippen MR) is 269 cm³/mol. The fraction of sp³-hybridized carbons (Fsp3) is 0.596. The summed E-state index contributed by atoms with van der Waals surface area (Å²) in [6, 6.07) is 0. The maximum absolute atomic E-state index is 12.8. The highest BCUT2D eigenvalue weighted by Gasteiger charge is 2.19. The summed E-state index contributed by atoms with van der Waals surface area (Å²) in [5.74, 6) is -1.01. The Morgan fingerprint density at radius 1 is 0.333 bits per heavy atom. The summed E-state index contributed by atoms with van der Waals surface area (Å²) in [4.78, 5) is 37.9. The normalized spacial score (nSPS) is 13.1. The molecule has 0 N–H and O–H groups in total. The largest absolute Gasteiger partial charge is 0.462 e. The Labute approximate surface area is 386 Å². The number of unbranched alkanes of at least 4 members (excludes halogenated alkanes) is 19. The first kappa shape index (κ1) is 58.8. The molecule has 0 aliphatic heterocycles. The number of esters is 3. The van der Waals surface area contributed by atoms with Gasteiger partial charge in [0.05, 0.1) is 0 Å². The molecule has 6 heteroatoms. The molecular weight excluding hydrogens is 781 g/mol. The van der Waals surface area contributed by atoms with Crippen molar-refractivity contribution in [1.82, 2.24) is 0 Å². The van der Waals surface area contributed by atoms with Crippen LogP contribution in [0.2, 0.25) is 0 Å². The van der Waals surface area contributed by atoms with Crippen molar-refractivity contribution < 1.29 is 28.6 Å². The van der Waals surface area contributed by atoms with Crippen molar-refractivity contribution in [1.29, 1.82) is 0 Å². The first-order chi connectivity index (χ1) is 31.0. The molecule has 6 nitrogen and oxygen atoms in total. The molecule has 63 heavy (non-hydrogen) atoms. The molecule has 0 aromatic carbocycles. The second-order valence-corrected chi connectivity index (χ2v) is 16.2. The van der Waals surface area contributed by atoms with Crippen LogP contribution in [0.1, 0.15) is 201 Å². The van der Waals surface area contributed by atoms with Crippen LogP contribution in [-0.2, 0) is 28.6 Å². The topological polar surface area (TPSA) is 78.9 Å². The number of carbonyl (C=O) groups is 3. The second-order valence-electron chi connectivity index (χ2n) is 16.2. The van der Waals surface area contributed by atoms with Crippen molar-refractivity contribution in [3.8, 4) is 0 Å². The van der Waals surface area contributed by atoms with Gasteiger partial charge in [0.15, 0.2) is 6.10 Å². The van der Waals surface area contributed by atoms with E-state index in [0.29, 0.717) is 19.3 Å². The van der Waals surface area contributed by atoms with E-state index in [1.54, 1.807) is 0 Å². The Morgan fingerprint density at radius 3 is 1.00 bits per heavy atom. The van der Waals surface area contributed by atoms with E-state index in [2.05, 4.69) is 69.4 Å². The third-order valence-corrected chi connectivity index (χ3v) is 10.1. The number of rotatable bonds is 43. The number of carbonyl (C=O) groups excluding carboxylic acids is 3. The Hall–Kier alpha value is -4.19. The summed E-state index contributed by atoms with van der Waals surface area (Å²) in [6.45, 7) is 6.23. The fourth-order valence-electron chi connectivity index (χ4n) is 6.39. The molecule has 0 spiro atoms. The van der Waals surface area contributed by atoms with Crippen molar-refractivity contribution in [2.75, 3.05) is 13.2 Å². The lowest BCUT2D eigenvalue weighted by atomic mass is 10.1. The zero-order chi connectivity index (χ0) is 45.8. The molecule has 0 aliphatic carbocycles. The highest BCUT2D eigenvalue weighted by Crippen LogP contribution is 2.14. The highest BCUT2D eigenvalue weighted by atomic mass is 16.6. The van der Waals surface area contributed by atoms with Crippen LogP contribution in [-0.4, -0.2) is 37.2 Å². The molecule has 0 amide bonds. The SMILES string of the molecule is CC\C=C/C=C\C=C/C=C\CCCCCC(=O)OCC(COC(=O)CCCCCCCCCCCC/C=C\C=C/CCCCC)OC(=O)CCCCC\C=C/C=C\C=C/C=C\CC. The lowest BCUT2D eigenvalue weighted by Gasteiger charge is -2.18. The lowest BCUT2D eigenvalue weighted by molar-refractivity contribution is -0.167. The van der Waals surface area contributed by atoms with Crippen LogP contribution in [0.4, 0.5) is 0 Å². The molecule has 0 saturated carbocycles. The van der Waals surface area contributed by atoms with Crippen LogP contribution in [0, 0.1) is 0 Å². The summed E-state index contributed by atoms with van der Waals surface area (Å²) < 4.78 is 16.7. The van der Waals surface area contributed by atoms with E-state index in [1.807, 2.05) is 72.9 Å². The Balaban J connectivity index is 4.47. The molecule has 0 radical (unpaired) electrons. The monoisotopic (exact) mass is 871 g/mol. The van der Waals surface area contributed by atoms with Gasteiger partial charge in [0.2, 0.25) is 0 Å². The van der Waals surface area contributed by atoms with Crippen LogP contribution >= 0.6 is 0 Å². The highest BCUT2D eigenvalue weighted by molar-refractivity contribution is 5.71. The van der Waals surface area contributed by atoms with Gasteiger partial charge in [0.1, 0.15) is 13.2 Å². The molecule has 1 atom stereocenters. The standard InChI is InChI=1S/C57H90O6/c1-4-7-10-13-16-19-22-25-26-27-28-29-30-33-35-38-41-44-47-50-56(59)62-53-54(63-57(60)51-48-45-42-39-36-32-24-21-18-15-12-9-6-3)52-61-55(58)49-46-43-40-37-34-31-23-20-17-14-11-8-5-2/h8-9,11-12,14-25,31-32,34,36,54H,4-7,10,13,26-30,33,35,37-53H2,1-3H3/b11-8-,12-9-,17-14-,18-15-,19-16-,23-20-,24-21-,25-22-,34-31-,36-32-. The minimum Gasteiger partial charge on any atom is -0.462 e. The van der Waals surface area contributed by atoms with E-state index in [1.165, 1.54) is 77.0 Å². The predicted octanol–water partition coefficient (Wildman–Crippen LogP) is 16.5. The van der Waals surface area contributed by atoms with Gasteiger partial charge in [-0.3, -0.25) is 14.4 Å². The van der Waals surface area contributed by atoms with Crippen molar-refractivity contribution in [3.63, 3.8) is 0 Å². The zero-order valence-electron chi connectivity index (χ0n) is 40.3. The summed E-state index contributed by atoms with van der Waals surface area (Å²) in [6.07, 6.45) is 69.0. The van der Waals surface area contributed by atoms with Crippen LogP contribution in [0.3, 0.4) is 0 Å². The first-order valence-corrected chi connectivity index (χ1v) is 25.2. The number of hydrogen-bond donors (Lipinski definition) is 0. The summed E-state index contributed by atoms with van der Waals surface area (Å²) >= 11 is 0. The van der Waals surface area contributed by atoms with E-state index in [0.717, 1.165) is 77.0 Å². The Bertz CT molecular complexity index is 1370. The summed E-state index contributed by atoms with van der Waals surface area (Å²) in [5.41, 5.74) is 0. The molecule has 0 aromatic rings. The van der Waals surface area contributed by atoms with Gasteiger partial charge in [-0.25, -0.2) is 0 Å². The van der Waals surface area contributed by atoms with Crippen LogP contribution < -0.4 is 0 Å². The maximum Gasteiger partial charge on any atom is 0.306 e. The number of hydrogen-bond acceptors (Lipinski definition) is 6. The minimum absolute atomic E-state index is 0.112. The molecular formula is C57H90O6. The van der Waals surface area contributed by atoms with Gasteiger partial charge >= 0.3 is 17.9 Å². The van der Waals surface area contributed by atoms with Crippen molar-refractivity contribution in [2.45, 2.75) is 207 Å². The fourth-order valence-corrected chi connectivity index (χ4v) is 6.39. The van der Waals surface area contributed by atoms with Gasteiger partial charge in [0.25, 0.3) is 0 Å². The van der Waals surface area contributed by atoms with Gasteiger partial charge < -0.3 is 14.2 Å². The van der Waals surface area contributed by atoms with Gasteiger partial charge in [-0.05, 0) is 83.5 Å². The van der Waals surface area contributed by atoms with Gasteiger partial charge in [-0.2, -0.15) is 0 Å². The third-order valence-electron chi connectivity index (χ3n) is 10.1. The zero-order valence-corrected chi connectivity index (χ0v) is 40.3. The first-order valence-electron chi connectivity index (χ1n) is 25.2. The molecule has 0 fully saturated rings. The molecule has 0 aromatic heterocycles. The summed E-state index contributed by atoms with van der Waals surface area (Å²) in [7, 11) is 0. The van der Waals surface area contributed by atoms with Crippen LogP contribution in [0.5, 0.6) is 0 Å². The van der Waals surface area contributed by atoms with Gasteiger partial charge in [0, 0.05) is 19.3 Å². The van der Waals surface area contributed by atoms with Crippen molar-refractivity contribution >= 4 is 17.9 Å². The van der Waals surface area contributed by atoms with Crippen molar-refractivity contribution in [2.24, 2.45) is 0 Å². The molecule has 0 aliphatic rings. The molecule has 354 valence electrons. The molecule has 1 unspecified atom stereocenters. The minimum atomic E-state index is -0.818. The van der Waals surface area contributed by atoms with E-state index >= 15 is 0 Å². The quantitative estimate of drug-likeness (QED) is 0.0263. The molecule has 0 saturated heterocycles. The smallest absolute Gasteiger partial charge is 0.306 e. The summed E-state index contributed by atoms with van der Waals surface area (Å²) in [5, 5.41) is 0. The maximum atomic E-state index is 12.8. The average molecular weight is 871 g/mol. The van der Waals surface area contributed by atoms with E-state index in [9.17, 15) is 14.4 Å². The molecule has 0 heterocycles. The number of allylic oxidation sites excluding steroid dienone is 20. The van der Waals surface area contributed by atoms with Crippen LogP contribution in [0.25, 0.3) is 0 Å². The lowest BCUT2D eigenvalue weighted by Crippen LogP contribution is -2.30. The Morgan fingerprint density at radius 2 is 0.619 bits per heavy atom. The van der Waals surface area contributed by atoms with Crippen molar-refractivity contribution in [3.05, 3.63) is 122 Å². The number of ether oxygens (including phenoxy) is 3. The third kappa shape index (κ3) is 48.7. The second kappa shape index (κ2) is 50.5. The van der Waals surface area contributed by atoms with Gasteiger partial charge in [-0.15, -0.1) is 0 Å². The van der Waals surface area contributed by atoms with E-state index in [-0.39, 0.29) is 37.5 Å². The van der Waals surface area contributed by atoms with E-state index in [4.69, 9.17) is 14.2 Å². The van der Waals surface area contributed by atoms with E-state index < -0.39 is 6.10 Å². The van der Waals surface area contributed by atoms with Gasteiger partial charge in [-0.1, -0.05) is 219 Å². The van der Waals surface area contributed by atoms with Crippen LogP contribution in [0.15, 0.2) is 122 Å². The molecule has 0 rings (SSSR count). The Kier molecular flexibility index (Phi) is 47.1.